The van der Waals surface area contributed by atoms with Crippen LogP contribution in [0.3, 0.4) is 0 Å². The maximum absolute atomic E-state index is 4.58. The molecule has 0 fully saturated rings. The normalized spacial score (nSPS) is 13.4. The quantitative estimate of drug-likeness (QED) is 0.159. The van der Waals surface area contributed by atoms with Crippen molar-refractivity contribution in [1.29, 1.82) is 0 Å². The second kappa shape index (κ2) is 12.6. The van der Waals surface area contributed by atoms with Crippen molar-refractivity contribution < 1.29 is 20.0 Å². The van der Waals surface area contributed by atoms with Gasteiger partial charge in [0, 0.05) is 0 Å². The first-order valence-corrected chi connectivity index (χ1v) is 17.6. The van der Waals surface area contributed by atoms with Gasteiger partial charge < -0.3 is 0 Å². The molecule has 184 valence electrons. The molecule has 0 N–H and O–H groups in total. The van der Waals surface area contributed by atoms with Gasteiger partial charge in [0.05, 0.1) is 0 Å². The first-order chi connectivity index (χ1) is 18.4. The minimum absolute atomic E-state index is 1.28. The third-order valence-electron chi connectivity index (χ3n) is 6.40. The summed E-state index contributed by atoms with van der Waals surface area (Å²) in [5, 5.41) is 0. The molecular weight excluding hydrogens is 716 g/mol. The Hall–Kier alpha value is -2.83. The van der Waals surface area contributed by atoms with E-state index in [1.807, 2.05) is 0 Å². The van der Waals surface area contributed by atoms with Crippen molar-refractivity contribution in [2.45, 2.75) is 0 Å². The zero-order chi connectivity index (χ0) is 25.5. The minimum atomic E-state index is -1.92. The number of hydrogen-bond donors (Lipinski definition) is 0. The van der Waals surface area contributed by atoms with Gasteiger partial charge >= 0.3 is 242 Å². The fourth-order valence-corrected chi connectivity index (χ4v) is 11.1. The Bertz CT molecular complexity index is 1400. The summed E-state index contributed by atoms with van der Waals surface area (Å²) in [7, 11) is 4.58. The molecule has 0 aromatic heterocycles. The number of rotatable bonds is 5. The van der Waals surface area contributed by atoms with Gasteiger partial charge in [-0.05, 0) is 0 Å². The van der Waals surface area contributed by atoms with Crippen LogP contribution in [0.4, 0.5) is 0 Å². The molecule has 0 spiro atoms. The van der Waals surface area contributed by atoms with Crippen molar-refractivity contribution >= 4 is 48.1 Å². The Kier molecular flexibility index (Phi) is 8.80. The van der Waals surface area contributed by atoms with Crippen molar-refractivity contribution in [1.82, 2.24) is 0 Å². The van der Waals surface area contributed by atoms with Crippen molar-refractivity contribution in [3.05, 3.63) is 174 Å². The van der Waals surface area contributed by atoms with Crippen LogP contribution in [0.25, 0.3) is 19.9 Å². The Balaban J connectivity index is 0.00000137. The van der Waals surface area contributed by atoms with E-state index < -0.39 is 14.7 Å². The van der Waals surface area contributed by atoms with Crippen LogP contribution in [-0.4, -0.2) is 14.7 Å². The van der Waals surface area contributed by atoms with E-state index >= 15 is 0 Å². The fraction of sp³-hybridized carbons (Fsp3) is 0. The summed E-state index contributed by atoms with van der Waals surface area (Å²) in [4.78, 5) is 0. The third kappa shape index (κ3) is 5.41. The monoisotopic (exact) mass is 740 g/mol. The Labute approximate surface area is 240 Å². The zero-order valence-corrected chi connectivity index (χ0v) is 24.9. The molecule has 0 unspecified atom stereocenters. The van der Waals surface area contributed by atoms with Crippen LogP contribution in [0.5, 0.6) is 0 Å². The molecule has 1 aliphatic rings. The molecule has 0 bridgehead atoms. The summed E-state index contributed by atoms with van der Waals surface area (Å²) in [6, 6.07) is 55.2. The summed E-state index contributed by atoms with van der Waals surface area (Å²) in [6.45, 7) is 0. The van der Waals surface area contributed by atoms with Crippen LogP contribution < -0.4 is 4.35 Å². The van der Waals surface area contributed by atoms with Gasteiger partial charge in [-0.1, -0.05) is 0 Å². The predicted octanol–water partition coefficient (Wildman–Crippen LogP) is 8.39. The van der Waals surface area contributed by atoms with E-state index in [1.54, 1.807) is 20.0 Å². The second-order valence-corrected chi connectivity index (χ2v) is 12.9. The van der Waals surface area contributed by atoms with E-state index in [1.165, 1.54) is 46.5 Å². The van der Waals surface area contributed by atoms with Crippen molar-refractivity contribution in [3.8, 4) is 0 Å². The van der Waals surface area contributed by atoms with Crippen LogP contribution in [0.2, 0.25) is 0 Å². The molecule has 5 aromatic rings. The van der Waals surface area contributed by atoms with Crippen LogP contribution in [0, 0.1) is 0 Å². The number of halogens is 1. The van der Waals surface area contributed by atoms with Crippen LogP contribution in [0.15, 0.2) is 152 Å². The SMILES string of the molecule is [Cl][Au].c1ccc(C2=C(c3ccccc3)[As](c3ccccc3)C(c3ccccc3)=C2c2ccccc2)cc1. The second-order valence-electron chi connectivity index (χ2n) is 8.58. The Morgan fingerprint density at radius 1 is 0.351 bits per heavy atom. The molecule has 37 heavy (non-hydrogen) atoms. The molecule has 0 saturated carbocycles. The number of benzene rings is 5. The third-order valence-corrected chi connectivity index (χ3v) is 12.0. The van der Waals surface area contributed by atoms with Crippen LogP contribution in [-0.2, 0) is 20.0 Å². The molecule has 0 amide bonds. The average molecular weight is 741 g/mol. The fourth-order valence-electron chi connectivity index (χ4n) is 4.92. The first-order valence-electron chi connectivity index (χ1n) is 12.1. The average Bonchev–Trinajstić information content (AvgIpc) is 3.37. The molecule has 0 saturated heterocycles. The summed E-state index contributed by atoms with van der Waals surface area (Å²) in [5.74, 6) is 0. The van der Waals surface area contributed by atoms with Crippen molar-refractivity contribution in [2.24, 2.45) is 0 Å². The van der Waals surface area contributed by atoms with Gasteiger partial charge in [0.1, 0.15) is 0 Å². The molecule has 0 atom stereocenters. The Morgan fingerprint density at radius 3 is 0.946 bits per heavy atom. The summed E-state index contributed by atoms with van der Waals surface area (Å²) >= 11 is -0.165. The molecule has 1 aliphatic heterocycles. The summed E-state index contributed by atoms with van der Waals surface area (Å²) in [6.07, 6.45) is 0. The molecule has 3 heteroatoms. The number of allylic oxidation sites excluding steroid dienone is 2. The van der Waals surface area contributed by atoms with Gasteiger partial charge in [-0.3, -0.25) is 0 Å². The van der Waals surface area contributed by atoms with Gasteiger partial charge in [0.2, 0.25) is 0 Å². The topological polar surface area (TPSA) is 0 Å². The molecule has 1 heterocycles. The molecule has 0 nitrogen and oxygen atoms in total. The van der Waals surface area contributed by atoms with E-state index in [9.17, 15) is 0 Å². The van der Waals surface area contributed by atoms with E-state index in [2.05, 4.69) is 161 Å². The van der Waals surface area contributed by atoms with Crippen molar-refractivity contribution in [2.75, 3.05) is 0 Å². The molecule has 0 aliphatic carbocycles. The zero-order valence-electron chi connectivity index (χ0n) is 20.1. The molecule has 6 rings (SSSR count). The van der Waals surface area contributed by atoms with E-state index in [0.29, 0.717) is 0 Å². The molecular formula is C34H25AsAuCl. The molecule has 5 aromatic carbocycles. The van der Waals surface area contributed by atoms with Gasteiger partial charge in [-0.2, -0.15) is 0 Å². The molecule has 0 radical (unpaired) electrons. The number of hydrogen-bond acceptors (Lipinski definition) is 0. The van der Waals surface area contributed by atoms with Gasteiger partial charge in [-0.25, -0.2) is 0 Å². The van der Waals surface area contributed by atoms with Gasteiger partial charge in [0.25, 0.3) is 0 Å². The van der Waals surface area contributed by atoms with Crippen LogP contribution >= 0.6 is 9.19 Å². The Morgan fingerprint density at radius 2 is 0.622 bits per heavy atom. The van der Waals surface area contributed by atoms with Gasteiger partial charge in [-0.15, -0.1) is 0 Å². The van der Waals surface area contributed by atoms with Crippen LogP contribution in [0.1, 0.15) is 22.3 Å². The van der Waals surface area contributed by atoms with Crippen molar-refractivity contribution in [3.63, 3.8) is 0 Å². The van der Waals surface area contributed by atoms with Gasteiger partial charge in [0.15, 0.2) is 0 Å². The summed E-state index contributed by atoms with van der Waals surface area (Å²) < 4.78 is 4.47. The standard InChI is InChI=1S/C34H25As.Au.ClH/c1-6-16-26(17-7-1)31-32(27-18-8-2-9-19-27)34(29-22-12-4-13-23-29)35(30-24-14-5-15-25-30)33(31)28-20-10-3-11-21-28;;/h1-25H;;1H/q;+1;/p-1. The van der Waals surface area contributed by atoms with E-state index in [0.717, 1.165) is 0 Å². The van der Waals surface area contributed by atoms with E-state index in [4.69, 9.17) is 0 Å². The summed E-state index contributed by atoms with van der Waals surface area (Å²) in [5.41, 5.74) is 7.98. The van der Waals surface area contributed by atoms with E-state index in [-0.39, 0.29) is 0 Å². The maximum atomic E-state index is 4.58. The predicted molar refractivity (Wildman–Crippen MR) is 157 cm³/mol. The first kappa shape index (κ1) is 25.8.